The van der Waals surface area contributed by atoms with Crippen LogP contribution in [0.2, 0.25) is 0 Å². The molecule has 0 bridgehead atoms. The van der Waals surface area contributed by atoms with Gasteiger partial charge in [0.1, 0.15) is 0 Å². The Morgan fingerprint density at radius 1 is 1.47 bits per heavy atom. The third kappa shape index (κ3) is 4.91. The molecule has 98 valence electrons. The second-order valence-corrected chi connectivity index (χ2v) is 5.44. The topological polar surface area (TPSA) is 63.6 Å². The maximum atomic E-state index is 12.5. The van der Waals surface area contributed by atoms with Crippen molar-refractivity contribution in [1.29, 1.82) is 0 Å². The third-order valence-corrected chi connectivity index (χ3v) is 3.83. The van der Waals surface area contributed by atoms with E-state index >= 15 is 0 Å². The fourth-order valence-electron chi connectivity index (χ4n) is 1.47. The monoisotopic (exact) mass is 268 g/mol. The van der Waals surface area contributed by atoms with Crippen LogP contribution in [0.1, 0.15) is 12.8 Å². The quantitative estimate of drug-likeness (QED) is 0.765. The summed E-state index contributed by atoms with van der Waals surface area (Å²) in [7, 11) is -0.751. The number of aliphatic carboxylic acids is 1. The van der Waals surface area contributed by atoms with Crippen LogP contribution in [0.3, 0.4) is 0 Å². The zero-order valence-corrected chi connectivity index (χ0v) is 9.92. The maximum absolute atomic E-state index is 12.5. The number of carboxylic acids is 1. The van der Waals surface area contributed by atoms with E-state index in [0.29, 0.717) is 11.5 Å². The molecule has 0 amide bonds. The van der Waals surface area contributed by atoms with Gasteiger partial charge in [-0.2, -0.15) is 8.78 Å². The van der Waals surface area contributed by atoms with Gasteiger partial charge in [0.05, 0.1) is 6.61 Å². The Hall–Kier alpha value is -0.820. The predicted octanol–water partition coefficient (Wildman–Crippen LogP) is 1.40. The van der Waals surface area contributed by atoms with Gasteiger partial charge in [0.15, 0.2) is 0 Å². The molecule has 0 aliphatic carbocycles. The number of hydrogen-bond donors (Lipinski definition) is 1. The lowest BCUT2D eigenvalue weighted by atomic mass is 10.0. The lowest BCUT2D eigenvalue weighted by Crippen LogP contribution is -2.31. The normalized spacial score (nSPS) is 26.2. The van der Waals surface area contributed by atoms with E-state index in [0.717, 1.165) is 12.8 Å². The number of carboxylic acid groups (broad SMARTS) is 1. The molecule has 0 saturated carbocycles. The zero-order valence-electron chi connectivity index (χ0n) is 9.10. The highest BCUT2D eigenvalue weighted by atomic mass is 32.2. The predicted molar refractivity (Wildman–Crippen MR) is 58.3 cm³/mol. The largest absolute Gasteiger partial charge is 0.475 e. The molecule has 7 heteroatoms. The van der Waals surface area contributed by atoms with Crippen LogP contribution < -0.4 is 0 Å². The number of ether oxygens (including phenoxy) is 1. The highest BCUT2D eigenvalue weighted by Gasteiger charge is 2.40. The molecule has 0 aromatic heterocycles. The summed E-state index contributed by atoms with van der Waals surface area (Å²) in [5.41, 5.74) is 0. The Morgan fingerprint density at radius 3 is 2.59 bits per heavy atom. The van der Waals surface area contributed by atoms with Gasteiger partial charge in [0, 0.05) is 22.3 Å². The number of hydrogen-bond acceptors (Lipinski definition) is 3. The minimum atomic E-state index is -4.14. The Bertz CT molecular complexity index is 320. The molecular formula is C10H14F2O4S. The van der Waals surface area contributed by atoms with Crippen LogP contribution in [0.4, 0.5) is 8.78 Å². The van der Waals surface area contributed by atoms with Gasteiger partial charge in [-0.1, -0.05) is 12.2 Å². The van der Waals surface area contributed by atoms with Gasteiger partial charge < -0.3 is 9.84 Å². The molecule has 0 unspecified atom stereocenters. The van der Waals surface area contributed by atoms with Crippen molar-refractivity contribution in [3.8, 4) is 0 Å². The molecule has 1 fully saturated rings. The van der Waals surface area contributed by atoms with Crippen molar-refractivity contribution in [1.82, 2.24) is 0 Å². The van der Waals surface area contributed by atoms with Crippen molar-refractivity contribution in [3.05, 3.63) is 12.2 Å². The third-order valence-electron chi connectivity index (χ3n) is 2.45. The zero-order chi connectivity index (χ0) is 12.9. The van der Waals surface area contributed by atoms with E-state index in [-0.39, 0.29) is 5.92 Å². The molecule has 1 aliphatic rings. The second kappa shape index (κ2) is 6.20. The first-order valence-electron chi connectivity index (χ1n) is 5.18. The SMILES string of the molecule is O=C(O)C(F)(F)OC/C=C/C1CCS(=O)CC1. The number of alkyl halides is 2. The van der Waals surface area contributed by atoms with Crippen LogP contribution in [0.25, 0.3) is 0 Å². The van der Waals surface area contributed by atoms with Crippen LogP contribution in [0.5, 0.6) is 0 Å². The van der Waals surface area contributed by atoms with E-state index in [1.165, 1.54) is 6.08 Å². The van der Waals surface area contributed by atoms with E-state index in [4.69, 9.17) is 5.11 Å². The lowest BCUT2D eigenvalue weighted by molar-refractivity contribution is -0.241. The van der Waals surface area contributed by atoms with Crippen LogP contribution in [-0.4, -0.2) is 39.5 Å². The first-order valence-corrected chi connectivity index (χ1v) is 6.67. The van der Waals surface area contributed by atoms with Gasteiger partial charge in [0.25, 0.3) is 0 Å². The molecule has 0 aromatic carbocycles. The second-order valence-electron chi connectivity index (χ2n) is 3.75. The van der Waals surface area contributed by atoms with Gasteiger partial charge in [-0.05, 0) is 18.8 Å². The first-order chi connectivity index (χ1) is 7.92. The average molecular weight is 268 g/mol. The summed E-state index contributed by atoms with van der Waals surface area (Å²) in [5.74, 6) is -0.823. The fourth-order valence-corrected chi connectivity index (χ4v) is 2.80. The van der Waals surface area contributed by atoms with E-state index in [2.05, 4.69) is 4.74 Å². The van der Waals surface area contributed by atoms with Crippen LogP contribution in [0, 0.1) is 5.92 Å². The number of rotatable bonds is 5. The summed E-state index contributed by atoms with van der Waals surface area (Å²) in [6, 6.07) is 0. The molecule has 4 nitrogen and oxygen atoms in total. The average Bonchev–Trinajstić information content (AvgIpc) is 2.26. The van der Waals surface area contributed by atoms with Gasteiger partial charge in [0.2, 0.25) is 0 Å². The van der Waals surface area contributed by atoms with Crippen LogP contribution in [0.15, 0.2) is 12.2 Å². The summed E-state index contributed by atoms with van der Waals surface area (Å²) in [6.07, 6.45) is 0.485. The lowest BCUT2D eigenvalue weighted by Gasteiger charge is -2.17. The smallest absolute Gasteiger partial charge is 0.456 e. The molecule has 0 aromatic rings. The number of carbonyl (C=O) groups is 1. The molecule has 0 radical (unpaired) electrons. The van der Waals surface area contributed by atoms with Crippen LogP contribution >= 0.6 is 0 Å². The molecule has 1 N–H and O–H groups in total. The molecule has 1 rings (SSSR count). The summed E-state index contributed by atoms with van der Waals surface area (Å²) >= 11 is 0. The van der Waals surface area contributed by atoms with Gasteiger partial charge >= 0.3 is 12.1 Å². The Balaban J connectivity index is 2.27. The highest BCUT2D eigenvalue weighted by molar-refractivity contribution is 7.85. The molecule has 1 aliphatic heterocycles. The molecule has 17 heavy (non-hydrogen) atoms. The number of halogens is 2. The van der Waals surface area contributed by atoms with Crippen molar-refractivity contribution < 1.29 is 27.6 Å². The van der Waals surface area contributed by atoms with Gasteiger partial charge in [-0.3, -0.25) is 4.21 Å². The first kappa shape index (κ1) is 14.2. The van der Waals surface area contributed by atoms with E-state index < -0.39 is 29.5 Å². The van der Waals surface area contributed by atoms with Gasteiger partial charge in [-0.25, -0.2) is 4.79 Å². The molecule has 0 spiro atoms. The highest BCUT2D eigenvalue weighted by Crippen LogP contribution is 2.18. The molecule has 1 heterocycles. The maximum Gasteiger partial charge on any atom is 0.456 e. The van der Waals surface area contributed by atoms with Crippen molar-refractivity contribution in [3.63, 3.8) is 0 Å². The Morgan fingerprint density at radius 2 is 2.06 bits per heavy atom. The molecule has 1 saturated heterocycles. The van der Waals surface area contributed by atoms with Crippen molar-refractivity contribution >= 4 is 16.8 Å². The van der Waals surface area contributed by atoms with Gasteiger partial charge in [-0.15, -0.1) is 0 Å². The summed E-state index contributed by atoms with van der Waals surface area (Å²) in [5, 5.41) is 8.09. The Kier molecular flexibility index (Phi) is 5.20. The summed E-state index contributed by atoms with van der Waals surface area (Å²) < 4.78 is 39.9. The Labute approximate surface area is 100 Å². The van der Waals surface area contributed by atoms with Crippen molar-refractivity contribution in [2.75, 3.05) is 18.1 Å². The van der Waals surface area contributed by atoms with E-state index in [1.54, 1.807) is 6.08 Å². The fraction of sp³-hybridized carbons (Fsp3) is 0.700. The molecular weight excluding hydrogens is 254 g/mol. The standard InChI is InChI=1S/C10H14F2O4S/c11-10(12,9(13)14)16-5-1-2-8-3-6-17(15)7-4-8/h1-2,8H,3-7H2,(H,13,14)/b2-1+. The minimum absolute atomic E-state index is 0.217. The van der Waals surface area contributed by atoms with E-state index in [9.17, 15) is 17.8 Å². The van der Waals surface area contributed by atoms with E-state index in [1.807, 2.05) is 0 Å². The summed E-state index contributed by atoms with van der Waals surface area (Å²) in [4.78, 5) is 10.0. The van der Waals surface area contributed by atoms with Crippen molar-refractivity contribution in [2.24, 2.45) is 5.92 Å². The van der Waals surface area contributed by atoms with Crippen molar-refractivity contribution in [2.45, 2.75) is 19.0 Å². The minimum Gasteiger partial charge on any atom is -0.475 e. The number of allylic oxidation sites excluding steroid dienone is 1. The molecule has 0 atom stereocenters. The van der Waals surface area contributed by atoms with Crippen LogP contribution in [-0.2, 0) is 20.3 Å². The summed E-state index contributed by atoms with van der Waals surface area (Å²) in [6.45, 7) is -0.446.